The van der Waals surface area contributed by atoms with Crippen molar-refractivity contribution in [3.05, 3.63) is 48.0 Å². The van der Waals surface area contributed by atoms with Crippen LogP contribution in [0.3, 0.4) is 0 Å². The Balaban J connectivity index is 1.38. The van der Waals surface area contributed by atoms with Crippen LogP contribution in [-0.2, 0) is 11.3 Å². The summed E-state index contributed by atoms with van der Waals surface area (Å²) in [6.07, 6.45) is 9.75. The van der Waals surface area contributed by atoms with Crippen LogP contribution in [0.1, 0.15) is 37.7 Å². The van der Waals surface area contributed by atoms with E-state index < -0.39 is 0 Å². The smallest absolute Gasteiger partial charge is 0.223 e. The fraction of sp³-hybridized carbons (Fsp3) is 0.571. The number of hydrogen-bond donors (Lipinski definition) is 0. The first kappa shape index (κ1) is 17.2. The summed E-state index contributed by atoms with van der Waals surface area (Å²) in [7, 11) is 2.21. The maximum Gasteiger partial charge on any atom is 0.223 e. The lowest BCUT2D eigenvalue weighted by atomic mass is 9.95. The van der Waals surface area contributed by atoms with E-state index in [2.05, 4.69) is 59.3 Å². The van der Waals surface area contributed by atoms with E-state index in [9.17, 15) is 4.79 Å². The van der Waals surface area contributed by atoms with Gasteiger partial charge in [0.1, 0.15) is 0 Å². The lowest BCUT2D eigenvalue weighted by molar-refractivity contribution is -0.133. The van der Waals surface area contributed by atoms with Gasteiger partial charge in [-0.2, -0.15) is 0 Å². The van der Waals surface area contributed by atoms with Crippen LogP contribution in [0.15, 0.2) is 42.5 Å². The van der Waals surface area contributed by atoms with Gasteiger partial charge in [-0.3, -0.25) is 4.79 Å². The molecule has 24 heavy (non-hydrogen) atoms. The number of benzene rings is 1. The van der Waals surface area contributed by atoms with Gasteiger partial charge >= 0.3 is 0 Å². The molecule has 3 rings (SSSR count). The first-order valence-electron chi connectivity index (χ1n) is 9.37. The van der Waals surface area contributed by atoms with Crippen molar-refractivity contribution < 1.29 is 4.79 Å². The van der Waals surface area contributed by atoms with Crippen molar-refractivity contribution in [2.75, 3.05) is 26.7 Å². The summed E-state index contributed by atoms with van der Waals surface area (Å²) >= 11 is 0. The van der Waals surface area contributed by atoms with E-state index in [0.29, 0.717) is 17.7 Å². The van der Waals surface area contributed by atoms with Crippen LogP contribution in [0.25, 0.3) is 0 Å². The van der Waals surface area contributed by atoms with Crippen LogP contribution in [0.2, 0.25) is 0 Å². The summed E-state index contributed by atoms with van der Waals surface area (Å²) in [5.41, 5.74) is 1.37. The number of hydrogen-bond acceptors (Lipinski definition) is 2. The van der Waals surface area contributed by atoms with Gasteiger partial charge in [-0.05, 0) is 50.1 Å². The number of carbonyl (C=O) groups is 1. The third-order valence-electron chi connectivity index (χ3n) is 5.38. The Kier molecular flexibility index (Phi) is 6.08. The summed E-state index contributed by atoms with van der Waals surface area (Å²) in [6, 6.07) is 10.7. The minimum atomic E-state index is 0.364. The summed E-state index contributed by atoms with van der Waals surface area (Å²) in [5, 5.41) is 0. The lowest BCUT2D eigenvalue weighted by Gasteiger charge is -2.34. The minimum absolute atomic E-state index is 0.364. The maximum absolute atomic E-state index is 12.4. The molecule has 1 aliphatic heterocycles. The molecule has 1 aliphatic carbocycles. The fourth-order valence-electron chi connectivity index (χ4n) is 3.98. The van der Waals surface area contributed by atoms with E-state index in [0.717, 1.165) is 58.3 Å². The van der Waals surface area contributed by atoms with Crippen molar-refractivity contribution in [3.8, 4) is 0 Å². The summed E-state index contributed by atoms with van der Waals surface area (Å²) < 4.78 is 0. The standard InChI is InChI=1S/C21H30N2O/c1-22(16-19-9-3-2-4-10-19)17-20-11-13-23(14-12-20)21(24)15-18-7-5-6-8-18/h2-5,7,9-10,18,20H,6,8,11-17H2,1H3/t18-/m0/s1. The van der Waals surface area contributed by atoms with Gasteiger partial charge in [-0.25, -0.2) is 0 Å². The van der Waals surface area contributed by atoms with Crippen LogP contribution < -0.4 is 0 Å². The molecule has 0 unspecified atom stereocenters. The summed E-state index contributed by atoms with van der Waals surface area (Å²) in [4.78, 5) is 16.9. The number of rotatable bonds is 6. The first-order chi connectivity index (χ1) is 11.7. The van der Waals surface area contributed by atoms with Crippen LogP contribution >= 0.6 is 0 Å². The monoisotopic (exact) mass is 326 g/mol. The van der Waals surface area contributed by atoms with Crippen molar-refractivity contribution in [1.29, 1.82) is 0 Å². The maximum atomic E-state index is 12.4. The molecule has 0 N–H and O–H groups in total. The van der Waals surface area contributed by atoms with Gasteiger partial charge < -0.3 is 9.80 Å². The zero-order valence-electron chi connectivity index (χ0n) is 14.9. The highest BCUT2D eigenvalue weighted by molar-refractivity contribution is 5.76. The van der Waals surface area contributed by atoms with Crippen LogP contribution in [0.5, 0.6) is 0 Å². The molecule has 1 saturated heterocycles. The average molecular weight is 326 g/mol. The molecule has 0 bridgehead atoms. The number of amides is 1. The second-order valence-corrected chi connectivity index (χ2v) is 7.48. The minimum Gasteiger partial charge on any atom is -0.343 e. The SMILES string of the molecule is CN(Cc1ccccc1)CC1CCN(C(=O)C[C@H]2C=CCC2)CC1. The highest BCUT2D eigenvalue weighted by Gasteiger charge is 2.25. The van der Waals surface area contributed by atoms with Crippen molar-refractivity contribution >= 4 is 5.91 Å². The van der Waals surface area contributed by atoms with Crippen LogP contribution in [-0.4, -0.2) is 42.4 Å². The molecule has 0 aromatic heterocycles. The van der Waals surface area contributed by atoms with Crippen molar-refractivity contribution in [1.82, 2.24) is 9.80 Å². The van der Waals surface area contributed by atoms with E-state index in [1.54, 1.807) is 0 Å². The molecular weight excluding hydrogens is 296 g/mol. The van der Waals surface area contributed by atoms with Gasteiger partial charge in [-0.15, -0.1) is 0 Å². The Morgan fingerprint density at radius 1 is 1.17 bits per heavy atom. The Bertz CT molecular complexity index is 546. The van der Waals surface area contributed by atoms with Gasteiger partial charge in [0, 0.05) is 32.6 Å². The number of nitrogens with zero attached hydrogens (tertiary/aromatic N) is 2. The molecule has 0 spiro atoms. The lowest BCUT2D eigenvalue weighted by Crippen LogP contribution is -2.41. The van der Waals surface area contributed by atoms with Crippen molar-refractivity contribution in [2.24, 2.45) is 11.8 Å². The Morgan fingerprint density at radius 2 is 1.92 bits per heavy atom. The largest absolute Gasteiger partial charge is 0.343 e. The topological polar surface area (TPSA) is 23.6 Å². The molecule has 0 radical (unpaired) electrons. The third-order valence-corrected chi connectivity index (χ3v) is 5.38. The van der Waals surface area contributed by atoms with Gasteiger partial charge in [-0.1, -0.05) is 42.5 Å². The van der Waals surface area contributed by atoms with Crippen LogP contribution in [0.4, 0.5) is 0 Å². The molecular formula is C21H30N2O. The first-order valence-corrected chi connectivity index (χ1v) is 9.37. The number of allylic oxidation sites excluding steroid dienone is 2. The predicted molar refractivity (Wildman–Crippen MR) is 98.6 cm³/mol. The van der Waals surface area contributed by atoms with Crippen molar-refractivity contribution in [3.63, 3.8) is 0 Å². The molecule has 1 heterocycles. The summed E-state index contributed by atoms with van der Waals surface area (Å²) in [6.45, 7) is 4.02. The Morgan fingerprint density at radius 3 is 2.58 bits per heavy atom. The Hall–Kier alpha value is -1.61. The number of carbonyl (C=O) groups excluding carboxylic acids is 1. The van der Waals surface area contributed by atoms with Crippen molar-refractivity contribution in [2.45, 2.75) is 38.6 Å². The van der Waals surface area contributed by atoms with E-state index in [4.69, 9.17) is 0 Å². The molecule has 3 heteroatoms. The molecule has 0 saturated carbocycles. The summed E-state index contributed by atoms with van der Waals surface area (Å²) in [5.74, 6) is 1.57. The van der Waals surface area contributed by atoms with E-state index >= 15 is 0 Å². The van der Waals surface area contributed by atoms with Gasteiger partial charge in [0.2, 0.25) is 5.91 Å². The zero-order chi connectivity index (χ0) is 16.8. The highest BCUT2D eigenvalue weighted by atomic mass is 16.2. The average Bonchev–Trinajstić information content (AvgIpc) is 3.09. The molecule has 1 atom stereocenters. The van der Waals surface area contributed by atoms with Crippen LogP contribution in [0, 0.1) is 11.8 Å². The second kappa shape index (κ2) is 8.48. The molecule has 130 valence electrons. The van der Waals surface area contributed by atoms with E-state index in [-0.39, 0.29) is 0 Å². The number of piperidine rings is 1. The third kappa shape index (κ3) is 4.94. The normalized spacial score (nSPS) is 21.6. The quantitative estimate of drug-likeness (QED) is 0.744. The highest BCUT2D eigenvalue weighted by Crippen LogP contribution is 2.24. The second-order valence-electron chi connectivity index (χ2n) is 7.48. The predicted octanol–water partition coefficient (Wildman–Crippen LogP) is 3.71. The Labute approximate surface area is 146 Å². The van der Waals surface area contributed by atoms with Gasteiger partial charge in [0.05, 0.1) is 0 Å². The van der Waals surface area contributed by atoms with E-state index in [1.807, 2.05) is 0 Å². The molecule has 1 fully saturated rings. The molecule has 1 aromatic rings. The van der Waals surface area contributed by atoms with Gasteiger partial charge in [0.15, 0.2) is 0 Å². The molecule has 1 aromatic carbocycles. The number of likely N-dealkylation sites (tertiary alicyclic amines) is 1. The molecule has 2 aliphatic rings. The zero-order valence-corrected chi connectivity index (χ0v) is 14.9. The van der Waals surface area contributed by atoms with E-state index in [1.165, 1.54) is 5.56 Å². The van der Waals surface area contributed by atoms with Gasteiger partial charge in [0.25, 0.3) is 0 Å². The molecule has 1 amide bonds. The fourth-order valence-corrected chi connectivity index (χ4v) is 3.98. The molecule has 3 nitrogen and oxygen atoms in total.